The molecule has 4 rings (SSSR count). The summed E-state index contributed by atoms with van der Waals surface area (Å²) in [5.41, 5.74) is 0.0726. The van der Waals surface area contributed by atoms with Crippen LogP contribution in [0.15, 0.2) is 58.4 Å². The molecule has 0 aliphatic carbocycles. The molecule has 32 heavy (non-hydrogen) atoms. The van der Waals surface area contributed by atoms with Crippen LogP contribution in [-0.4, -0.2) is 63.3 Å². The third kappa shape index (κ3) is 3.87. The maximum Gasteiger partial charge on any atom is 0.339 e. The molecule has 0 unspecified atom stereocenters. The number of methoxy groups -OCH3 is 2. The number of nitrogens with zero attached hydrogens (tertiary/aromatic N) is 2. The molecule has 2 aliphatic rings. The molecular weight excluding hydrogens is 434 g/mol. The Kier molecular flexibility index (Phi) is 5.74. The van der Waals surface area contributed by atoms with Crippen molar-refractivity contribution in [1.82, 2.24) is 9.62 Å². The number of hydrogen-bond donors (Lipinski definition) is 1. The van der Waals surface area contributed by atoms with Gasteiger partial charge in [-0.1, -0.05) is 24.3 Å². The van der Waals surface area contributed by atoms with Crippen molar-refractivity contribution in [2.75, 3.05) is 27.3 Å². The predicted octanol–water partition coefficient (Wildman–Crippen LogP) is 1.58. The molecule has 1 saturated heterocycles. The van der Waals surface area contributed by atoms with Crippen molar-refractivity contribution in [3.8, 4) is 5.75 Å². The lowest BCUT2D eigenvalue weighted by molar-refractivity contribution is -0.115. The zero-order chi connectivity index (χ0) is 22.9. The summed E-state index contributed by atoms with van der Waals surface area (Å²) in [6.45, 7) is 0.292. The van der Waals surface area contributed by atoms with Gasteiger partial charge in [0.2, 0.25) is 10.0 Å². The highest BCUT2D eigenvalue weighted by molar-refractivity contribution is 7.89. The van der Waals surface area contributed by atoms with E-state index < -0.39 is 21.7 Å². The van der Waals surface area contributed by atoms with E-state index in [2.05, 4.69) is 10.3 Å². The Morgan fingerprint density at radius 2 is 1.81 bits per heavy atom. The van der Waals surface area contributed by atoms with Crippen molar-refractivity contribution in [3.63, 3.8) is 0 Å². The van der Waals surface area contributed by atoms with Crippen LogP contribution in [0.1, 0.15) is 28.8 Å². The van der Waals surface area contributed by atoms with E-state index in [0.717, 1.165) is 0 Å². The number of benzene rings is 2. The van der Waals surface area contributed by atoms with Crippen LogP contribution in [0, 0.1) is 0 Å². The van der Waals surface area contributed by atoms with Gasteiger partial charge in [-0.3, -0.25) is 9.79 Å². The SMILES string of the molecule is COC(=O)c1ccccc1S(=O)(=O)N1CCC2(CC1)N=C(c1cccc(OC)c1)C(=O)N2. The Morgan fingerprint density at radius 1 is 1.09 bits per heavy atom. The van der Waals surface area contributed by atoms with Gasteiger partial charge in [-0.25, -0.2) is 13.2 Å². The maximum absolute atomic E-state index is 13.2. The Morgan fingerprint density at radius 3 is 2.50 bits per heavy atom. The number of rotatable bonds is 5. The fraction of sp³-hybridized carbons (Fsp3) is 0.318. The summed E-state index contributed by atoms with van der Waals surface area (Å²) in [6.07, 6.45) is 0.623. The third-order valence-electron chi connectivity index (χ3n) is 5.69. The highest BCUT2D eigenvalue weighted by Gasteiger charge is 2.44. The molecule has 0 aromatic heterocycles. The second kappa shape index (κ2) is 8.36. The average Bonchev–Trinajstić information content (AvgIpc) is 3.14. The minimum Gasteiger partial charge on any atom is -0.497 e. The van der Waals surface area contributed by atoms with Gasteiger partial charge in [0.1, 0.15) is 17.1 Å². The van der Waals surface area contributed by atoms with Crippen LogP contribution in [0.3, 0.4) is 0 Å². The molecular formula is C22H23N3O6S. The molecule has 1 spiro atoms. The van der Waals surface area contributed by atoms with E-state index in [9.17, 15) is 18.0 Å². The third-order valence-corrected chi connectivity index (χ3v) is 7.65. The van der Waals surface area contributed by atoms with Crippen LogP contribution in [0.4, 0.5) is 0 Å². The number of sulfonamides is 1. The Bertz CT molecular complexity index is 1200. The first-order valence-corrected chi connectivity index (χ1v) is 11.5. The number of esters is 1. The van der Waals surface area contributed by atoms with Gasteiger partial charge in [-0.05, 0) is 24.3 Å². The first-order chi connectivity index (χ1) is 15.3. The number of hydrogen-bond acceptors (Lipinski definition) is 7. The topological polar surface area (TPSA) is 114 Å². The summed E-state index contributed by atoms with van der Waals surface area (Å²) in [7, 11) is -1.17. The van der Waals surface area contributed by atoms with Crippen LogP contribution in [0.2, 0.25) is 0 Å². The summed E-state index contributed by atoms with van der Waals surface area (Å²) >= 11 is 0. The van der Waals surface area contributed by atoms with Gasteiger partial charge in [-0.2, -0.15) is 4.31 Å². The van der Waals surface area contributed by atoms with Crippen LogP contribution in [0.25, 0.3) is 0 Å². The number of nitrogens with one attached hydrogen (secondary N) is 1. The highest BCUT2D eigenvalue weighted by atomic mass is 32.2. The number of carbonyl (C=O) groups is 2. The number of amides is 1. The molecule has 2 aromatic rings. The van der Waals surface area contributed by atoms with Crippen molar-refractivity contribution in [3.05, 3.63) is 59.7 Å². The number of aliphatic imine (C=N–C) groups is 1. The van der Waals surface area contributed by atoms with Gasteiger partial charge in [-0.15, -0.1) is 0 Å². The quantitative estimate of drug-likeness (QED) is 0.682. The summed E-state index contributed by atoms with van der Waals surface area (Å²) in [5.74, 6) is -0.400. The molecule has 0 bridgehead atoms. The smallest absolute Gasteiger partial charge is 0.339 e. The molecule has 2 heterocycles. The van der Waals surface area contributed by atoms with Crippen LogP contribution in [-0.2, 0) is 19.6 Å². The maximum atomic E-state index is 13.2. The Labute approximate surface area is 186 Å². The number of piperidine rings is 1. The summed E-state index contributed by atoms with van der Waals surface area (Å²) in [5, 5.41) is 2.93. The zero-order valence-corrected chi connectivity index (χ0v) is 18.5. The van der Waals surface area contributed by atoms with Crippen LogP contribution < -0.4 is 10.1 Å². The summed E-state index contributed by atoms with van der Waals surface area (Å²) in [6, 6.07) is 13.0. The second-order valence-corrected chi connectivity index (χ2v) is 9.48. The number of carbonyl (C=O) groups excluding carboxylic acids is 2. The monoisotopic (exact) mass is 457 g/mol. The van der Waals surface area contributed by atoms with Crippen molar-refractivity contribution in [2.45, 2.75) is 23.4 Å². The molecule has 0 saturated carbocycles. The molecule has 168 valence electrons. The van der Waals surface area contributed by atoms with Crippen molar-refractivity contribution < 1.29 is 27.5 Å². The van der Waals surface area contributed by atoms with E-state index in [1.54, 1.807) is 43.5 Å². The van der Waals surface area contributed by atoms with E-state index >= 15 is 0 Å². The van der Waals surface area contributed by atoms with E-state index in [1.165, 1.54) is 23.5 Å². The molecule has 2 aromatic carbocycles. The Hall–Kier alpha value is -3.24. The zero-order valence-electron chi connectivity index (χ0n) is 17.7. The molecule has 1 N–H and O–H groups in total. The van der Waals surface area contributed by atoms with Crippen LogP contribution >= 0.6 is 0 Å². The van der Waals surface area contributed by atoms with Gasteiger partial charge in [0.15, 0.2) is 0 Å². The largest absolute Gasteiger partial charge is 0.497 e. The summed E-state index contributed by atoms with van der Waals surface area (Å²) < 4.78 is 37.7. The lowest BCUT2D eigenvalue weighted by Gasteiger charge is -2.36. The lowest BCUT2D eigenvalue weighted by Crippen LogP contribution is -2.52. The van der Waals surface area contributed by atoms with Crippen molar-refractivity contribution in [1.29, 1.82) is 0 Å². The first-order valence-electron chi connectivity index (χ1n) is 10.0. The standard InChI is InChI=1S/C22H23N3O6S/c1-30-16-7-5-6-15(14-16)19-20(26)24-22(23-19)10-12-25(13-11-22)32(28,29)18-9-4-3-8-17(18)21(27)31-2/h3-9,14H,10-13H2,1-2H3,(H,24,26). The molecule has 10 heteroatoms. The molecule has 9 nitrogen and oxygen atoms in total. The minimum absolute atomic E-state index is 0.0113. The minimum atomic E-state index is -3.93. The van der Waals surface area contributed by atoms with Gasteiger partial charge in [0.25, 0.3) is 5.91 Å². The van der Waals surface area contributed by atoms with Gasteiger partial charge < -0.3 is 14.8 Å². The fourth-order valence-corrected chi connectivity index (χ4v) is 5.59. The molecule has 2 aliphatic heterocycles. The predicted molar refractivity (Wildman–Crippen MR) is 116 cm³/mol. The lowest BCUT2D eigenvalue weighted by atomic mass is 10.00. The first kappa shape index (κ1) is 22.0. The molecule has 1 amide bonds. The van der Waals surface area contributed by atoms with Crippen molar-refractivity contribution in [2.24, 2.45) is 4.99 Å². The summed E-state index contributed by atoms with van der Waals surface area (Å²) in [4.78, 5) is 29.2. The average molecular weight is 458 g/mol. The van der Waals surface area contributed by atoms with Gasteiger partial charge in [0, 0.05) is 31.5 Å². The number of ether oxygens (including phenoxy) is 2. The molecule has 0 atom stereocenters. The van der Waals surface area contributed by atoms with Crippen LogP contribution in [0.5, 0.6) is 5.75 Å². The molecule has 0 radical (unpaired) electrons. The van der Waals surface area contributed by atoms with E-state index in [4.69, 9.17) is 9.47 Å². The van der Waals surface area contributed by atoms with E-state index in [1.807, 2.05) is 0 Å². The highest BCUT2D eigenvalue weighted by Crippen LogP contribution is 2.32. The van der Waals surface area contributed by atoms with E-state index in [0.29, 0.717) is 29.9 Å². The normalized spacial score (nSPS) is 18.2. The fourth-order valence-electron chi connectivity index (χ4n) is 3.97. The van der Waals surface area contributed by atoms with Crippen molar-refractivity contribution >= 4 is 27.6 Å². The van der Waals surface area contributed by atoms with E-state index in [-0.39, 0.29) is 29.5 Å². The second-order valence-electron chi connectivity index (χ2n) is 7.57. The van der Waals surface area contributed by atoms with Gasteiger partial charge >= 0.3 is 5.97 Å². The Balaban J connectivity index is 1.56. The molecule has 1 fully saturated rings. The van der Waals surface area contributed by atoms with Gasteiger partial charge in [0.05, 0.1) is 24.7 Å².